The number of aromatic nitrogens is 1. The third kappa shape index (κ3) is 5.53. The zero-order valence-corrected chi connectivity index (χ0v) is 14.1. The molecule has 0 aliphatic rings. The molecule has 2 aromatic rings. The van der Waals surface area contributed by atoms with Crippen LogP contribution in [0.4, 0.5) is 5.88 Å². The van der Waals surface area contributed by atoms with Crippen LogP contribution in [0.1, 0.15) is 31.0 Å². The van der Waals surface area contributed by atoms with Crippen molar-refractivity contribution in [2.75, 3.05) is 18.9 Å². The molecule has 0 spiro atoms. The lowest BCUT2D eigenvalue weighted by Crippen LogP contribution is -2.40. The van der Waals surface area contributed by atoms with E-state index in [4.69, 9.17) is 4.52 Å². The van der Waals surface area contributed by atoms with E-state index >= 15 is 0 Å². The lowest BCUT2D eigenvalue weighted by molar-refractivity contribution is -0.120. The smallest absolute Gasteiger partial charge is 0.243 e. The normalized spacial score (nSPS) is 12.3. The van der Waals surface area contributed by atoms with Gasteiger partial charge in [0.25, 0.3) is 0 Å². The minimum absolute atomic E-state index is 0.0771. The molecule has 1 atom stereocenters. The van der Waals surface area contributed by atoms with E-state index in [-0.39, 0.29) is 11.9 Å². The number of nitrogens with one attached hydrogen (secondary N) is 1. The van der Waals surface area contributed by atoms with Crippen LogP contribution in [0.5, 0.6) is 0 Å². The second kappa shape index (κ2) is 8.48. The molecule has 5 nitrogen and oxygen atoms in total. The van der Waals surface area contributed by atoms with E-state index in [2.05, 4.69) is 39.6 Å². The van der Waals surface area contributed by atoms with Gasteiger partial charge >= 0.3 is 0 Å². The predicted molar refractivity (Wildman–Crippen MR) is 91.3 cm³/mol. The topological polar surface area (TPSA) is 58.4 Å². The van der Waals surface area contributed by atoms with Crippen LogP contribution in [0.15, 0.2) is 40.9 Å². The Labute approximate surface area is 137 Å². The summed E-state index contributed by atoms with van der Waals surface area (Å²) in [6.45, 7) is 4.61. The third-order valence-corrected chi connectivity index (χ3v) is 3.98. The highest BCUT2D eigenvalue weighted by atomic mass is 16.5. The van der Waals surface area contributed by atoms with Crippen LogP contribution in [0, 0.1) is 6.92 Å². The van der Waals surface area contributed by atoms with E-state index in [1.54, 1.807) is 6.07 Å². The Bertz CT molecular complexity index is 610. The van der Waals surface area contributed by atoms with Crippen molar-refractivity contribution >= 4 is 11.8 Å². The Kier molecular flexibility index (Phi) is 6.35. The predicted octanol–water partition coefficient (Wildman–Crippen LogP) is 3.26. The molecular formula is C18H25N3O2. The number of amides is 1. The fourth-order valence-corrected chi connectivity index (χ4v) is 2.38. The molecule has 124 valence electrons. The highest BCUT2D eigenvalue weighted by molar-refractivity contribution is 5.93. The van der Waals surface area contributed by atoms with Gasteiger partial charge in [0.1, 0.15) is 0 Å². The molecule has 0 aliphatic carbocycles. The van der Waals surface area contributed by atoms with Crippen LogP contribution >= 0.6 is 0 Å². The maximum Gasteiger partial charge on any atom is 0.243 e. The van der Waals surface area contributed by atoms with E-state index in [9.17, 15) is 4.79 Å². The number of nitrogens with zero attached hydrogens (tertiary/aromatic N) is 2. The average molecular weight is 315 g/mol. The molecule has 5 heteroatoms. The quantitative estimate of drug-likeness (QED) is 0.760. The minimum Gasteiger partial charge on any atom is -0.338 e. The van der Waals surface area contributed by atoms with Gasteiger partial charge in [-0.15, -0.1) is 0 Å². The summed E-state index contributed by atoms with van der Waals surface area (Å²) in [5.74, 6) is 0.323. The van der Waals surface area contributed by atoms with Crippen molar-refractivity contribution in [1.29, 1.82) is 0 Å². The van der Waals surface area contributed by atoms with E-state index in [0.717, 1.165) is 31.5 Å². The summed E-state index contributed by atoms with van der Waals surface area (Å²) < 4.78 is 5.01. The van der Waals surface area contributed by atoms with Crippen LogP contribution in [-0.4, -0.2) is 35.6 Å². The van der Waals surface area contributed by atoms with Gasteiger partial charge in [-0.2, -0.15) is 0 Å². The van der Waals surface area contributed by atoms with Crippen LogP contribution in [0.2, 0.25) is 0 Å². The Morgan fingerprint density at radius 1 is 1.30 bits per heavy atom. The van der Waals surface area contributed by atoms with E-state index in [0.29, 0.717) is 5.88 Å². The number of hydrogen-bond acceptors (Lipinski definition) is 4. The van der Waals surface area contributed by atoms with Gasteiger partial charge in [0, 0.05) is 6.07 Å². The van der Waals surface area contributed by atoms with Crippen LogP contribution in [0.3, 0.4) is 0 Å². The lowest BCUT2D eigenvalue weighted by Gasteiger charge is -2.23. The van der Waals surface area contributed by atoms with Gasteiger partial charge in [0.05, 0.1) is 11.7 Å². The summed E-state index contributed by atoms with van der Waals surface area (Å²) in [5.41, 5.74) is 2.11. The van der Waals surface area contributed by atoms with Crippen molar-refractivity contribution in [3.63, 3.8) is 0 Å². The van der Waals surface area contributed by atoms with Gasteiger partial charge in [-0.1, -0.05) is 35.5 Å². The first kappa shape index (κ1) is 17.2. The van der Waals surface area contributed by atoms with Gasteiger partial charge in [-0.25, -0.2) is 0 Å². The molecule has 0 unspecified atom stereocenters. The van der Waals surface area contributed by atoms with Crippen molar-refractivity contribution in [2.24, 2.45) is 0 Å². The highest BCUT2D eigenvalue weighted by Gasteiger charge is 2.19. The number of aryl methyl sites for hydroxylation is 2. The number of carbonyl (C=O) groups excluding carboxylic acids is 1. The van der Waals surface area contributed by atoms with Gasteiger partial charge in [-0.3, -0.25) is 15.0 Å². The lowest BCUT2D eigenvalue weighted by atomic mass is 10.1. The highest BCUT2D eigenvalue weighted by Crippen LogP contribution is 2.11. The Morgan fingerprint density at radius 3 is 2.70 bits per heavy atom. The molecular weight excluding hydrogens is 290 g/mol. The molecule has 0 bridgehead atoms. The number of anilines is 1. The van der Waals surface area contributed by atoms with Gasteiger partial charge in [-0.05, 0) is 52.3 Å². The van der Waals surface area contributed by atoms with Crippen LogP contribution in [0.25, 0.3) is 0 Å². The summed E-state index contributed by atoms with van der Waals surface area (Å²) in [4.78, 5) is 14.2. The maximum absolute atomic E-state index is 12.2. The molecule has 1 amide bonds. The summed E-state index contributed by atoms with van der Waals surface area (Å²) in [6, 6.07) is 12.0. The van der Waals surface area contributed by atoms with Crippen molar-refractivity contribution < 1.29 is 9.32 Å². The zero-order valence-electron chi connectivity index (χ0n) is 14.1. The molecule has 0 saturated heterocycles. The standard InChI is InChI=1S/C18H25N3O2/c1-14-13-17(23-20-14)19-18(22)15(2)21(3)12-8-7-11-16-9-5-4-6-10-16/h4-6,9-10,13,15H,7-8,11-12H2,1-3H3,(H,19,22)/t15-/m1/s1. The fourth-order valence-electron chi connectivity index (χ4n) is 2.38. The van der Waals surface area contributed by atoms with Gasteiger partial charge in [0.2, 0.25) is 11.8 Å². The molecule has 23 heavy (non-hydrogen) atoms. The summed E-state index contributed by atoms with van der Waals surface area (Å²) in [6.07, 6.45) is 3.25. The number of hydrogen-bond donors (Lipinski definition) is 1. The molecule has 1 heterocycles. The summed E-state index contributed by atoms with van der Waals surface area (Å²) in [7, 11) is 1.97. The zero-order chi connectivity index (χ0) is 16.7. The largest absolute Gasteiger partial charge is 0.338 e. The number of benzene rings is 1. The number of likely N-dealkylation sites (N-methyl/N-ethyl adjacent to an activating group) is 1. The SMILES string of the molecule is Cc1cc(NC(=O)[C@@H](C)N(C)CCCCc2ccccc2)on1. The Morgan fingerprint density at radius 2 is 2.04 bits per heavy atom. The van der Waals surface area contributed by atoms with Gasteiger partial charge in [0.15, 0.2) is 0 Å². The number of carbonyl (C=O) groups is 1. The fraction of sp³-hybridized carbons (Fsp3) is 0.444. The number of unbranched alkanes of at least 4 members (excludes halogenated alkanes) is 1. The van der Waals surface area contributed by atoms with Gasteiger partial charge < -0.3 is 4.52 Å². The molecule has 2 rings (SSSR count). The second-order valence-electron chi connectivity index (χ2n) is 5.92. The first-order valence-corrected chi connectivity index (χ1v) is 8.04. The molecule has 0 fully saturated rings. The Hall–Kier alpha value is -2.14. The summed E-state index contributed by atoms with van der Waals surface area (Å²) >= 11 is 0. The maximum atomic E-state index is 12.2. The van der Waals surface area contributed by atoms with Crippen LogP contribution in [-0.2, 0) is 11.2 Å². The van der Waals surface area contributed by atoms with Crippen molar-refractivity contribution in [3.8, 4) is 0 Å². The van der Waals surface area contributed by atoms with E-state index < -0.39 is 0 Å². The molecule has 0 radical (unpaired) electrons. The summed E-state index contributed by atoms with van der Waals surface area (Å²) in [5, 5.41) is 6.51. The van der Waals surface area contributed by atoms with Crippen LogP contribution < -0.4 is 5.32 Å². The van der Waals surface area contributed by atoms with Crippen molar-refractivity contribution in [3.05, 3.63) is 47.7 Å². The van der Waals surface area contributed by atoms with E-state index in [1.807, 2.05) is 27.0 Å². The first-order chi connectivity index (χ1) is 11.1. The van der Waals surface area contributed by atoms with Crippen molar-refractivity contribution in [2.45, 2.75) is 39.2 Å². The molecule has 1 aromatic heterocycles. The first-order valence-electron chi connectivity index (χ1n) is 8.04. The average Bonchev–Trinajstić information content (AvgIpc) is 2.96. The number of rotatable bonds is 8. The monoisotopic (exact) mass is 315 g/mol. The second-order valence-corrected chi connectivity index (χ2v) is 5.92. The Balaban J connectivity index is 1.69. The molecule has 0 saturated carbocycles. The van der Waals surface area contributed by atoms with E-state index in [1.165, 1.54) is 5.56 Å². The minimum atomic E-state index is -0.211. The molecule has 1 N–H and O–H groups in total. The molecule has 0 aliphatic heterocycles. The third-order valence-electron chi connectivity index (χ3n) is 3.98. The van der Waals surface area contributed by atoms with Crippen molar-refractivity contribution in [1.82, 2.24) is 10.1 Å². The molecule has 1 aromatic carbocycles.